The lowest BCUT2D eigenvalue weighted by molar-refractivity contribution is -0.383. The van der Waals surface area contributed by atoms with Gasteiger partial charge in [-0.15, -0.1) is 0 Å². The molecular weight excluding hydrogens is 296 g/mol. The molecule has 0 aliphatic heterocycles. The summed E-state index contributed by atoms with van der Waals surface area (Å²) in [5, 5.41) is 23.6. The molecule has 0 heterocycles. The summed E-state index contributed by atoms with van der Waals surface area (Å²) in [6.45, 7) is 0. The van der Waals surface area contributed by atoms with Gasteiger partial charge in [-0.3, -0.25) is 14.9 Å². The summed E-state index contributed by atoms with van der Waals surface area (Å²) in [4.78, 5) is 22.0. The Kier molecular flexibility index (Phi) is 5.01. The van der Waals surface area contributed by atoms with E-state index in [1.807, 2.05) is 0 Å². The van der Waals surface area contributed by atoms with Gasteiger partial charge in [-0.05, 0) is 25.0 Å². The van der Waals surface area contributed by atoms with Gasteiger partial charge in [0.2, 0.25) is 0 Å². The van der Waals surface area contributed by atoms with Crippen LogP contribution in [0.25, 0.3) is 0 Å². The predicted molar refractivity (Wildman–Crippen MR) is 79.7 cm³/mol. The Labute approximate surface area is 127 Å². The maximum atomic E-state index is 11.4. The van der Waals surface area contributed by atoms with Crippen LogP contribution in [0, 0.1) is 16.0 Å². The van der Waals surface area contributed by atoms with Crippen LogP contribution in [0.1, 0.15) is 32.1 Å². The van der Waals surface area contributed by atoms with E-state index in [1.165, 1.54) is 6.07 Å². The third-order valence-electron chi connectivity index (χ3n) is 3.84. The fourth-order valence-electron chi connectivity index (χ4n) is 2.79. The van der Waals surface area contributed by atoms with Gasteiger partial charge in [0.1, 0.15) is 10.7 Å². The van der Waals surface area contributed by atoms with Crippen LogP contribution in [0.4, 0.5) is 11.4 Å². The summed E-state index contributed by atoms with van der Waals surface area (Å²) in [7, 11) is 0. The topological polar surface area (TPSA) is 92.5 Å². The quantitative estimate of drug-likeness (QED) is 0.502. The fourth-order valence-corrected chi connectivity index (χ4v) is 3.04. The Bertz CT molecular complexity index is 550. The van der Waals surface area contributed by atoms with Gasteiger partial charge in [-0.25, -0.2) is 0 Å². The smallest absolute Gasteiger partial charge is 0.310 e. The molecule has 1 aromatic carbocycles. The minimum Gasteiger partial charge on any atom is -0.481 e. The molecule has 1 aliphatic rings. The largest absolute Gasteiger partial charge is 0.481 e. The number of para-hydroxylation sites is 1. The van der Waals surface area contributed by atoms with Crippen molar-refractivity contribution in [2.24, 2.45) is 5.92 Å². The van der Waals surface area contributed by atoms with Crippen LogP contribution in [-0.2, 0) is 4.79 Å². The lowest BCUT2D eigenvalue weighted by Gasteiger charge is -2.23. The molecule has 1 aromatic rings. The van der Waals surface area contributed by atoms with Gasteiger partial charge < -0.3 is 10.4 Å². The molecule has 2 rings (SSSR count). The molecule has 114 valence electrons. The number of nitro groups is 1. The number of aliphatic carboxylic acids is 1. The monoisotopic (exact) mass is 312 g/mol. The number of nitrogens with one attached hydrogen (secondary N) is 1. The molecule has 2 atom stereocenters. The first kappa shape index (κ1) is 15.6. The normalized spacial score (nSPS) is 22.3. The number of nitro benzene ring substituents is 1. The van der Waals surface area contributed by atoms with Gasteiger partial charge in [0.15, 0.2) is 0 Å². The SMILES string of the molecule is O=C(O)C1CCCCCC1Nc1cccc(Cl)c1[N+](=O)[O-]. The molecule has 21 heavy (non-hydrogen) atoms. The van der Waals surface area contributed by atoms with Crippen LogP contribution in [-0.4, -0.2) is 22.0 Å². The maximum absolute atomic E-state index is 11.4. The third kappa shape index (κ3) is 3.64. The number of anilines is 1. The Morgan fingerprint density at radius 3 is 2.71 bits per heavy atom. The van der Waals surface area contributed by atoms with E-state index in [2.05, 4.69) is 5.32 Å². The number of halogens is 1. The number of rotatable bonds is 4. The number of benzene rings is 1. The molecule has 0 saturated heterocycles. The molecule has 0 aromatic heterocycles. The molecule has 0 amide bonds. The average Bonchev–Trinajstić information content (AvgIpc) is 2.63. The van der Waals surface area contributed by atoms with E-state index in [4.69, 9.17) is 11.6 Å². The van der Waals surface area contributed by atoms with Crippen molar-refractivity contribution in [3.63, 3.8) is 0 Å². The molecule has 1 fully saturated rings. The highest BCUT2D eigenvalue weighted by atomic mass is 35.5. The Morgan fingerprint density at radius 1 is 1.33 bits per heavy atom. The number of hydrogen-bond acceptors (Lipinski definition) is 4. The number of hydrogen-bond donors (Lipinski definition) is 2. The summed E-state index contributed by atoms with van der Waals surface area (Å²) in [5.74, 6) is -1.40. The summed E-state index contributed by atoms with van der Waals surface area (Å²) >= 11 is 5.88. The molecule has 1 saturated carbocycles. The van der Waals surface area contributed by atoms with Crippen molar-refractivity contribution >= 4 is 28.9 Å². The van der Waals surface area contributed by atoms with E-state index < -0.39 is 16.8 Å². The van der Waals surface area contributed by atoms with Crippen molar-refractivity contribution in [2.75, 3.05) is 5.32 Å². The van der Waals surface area contributed by atoms with Crippen molar-refractivity contribution in [3.8, 4) is 0 Å². The van der Waals surface area contributed by atoms with Gasteiger partial charge in [0.25, 0.3) is 0 Å². The van der Waals surface area contributed by atoms with Crippen LogP contribution in [0.5, 0.6) is 0 Å². The maximum Gasteiger partial charge on any atom is 0.310 e. The Hall–Kier alpha value is -1.82. The van der Waals surface area contributed by atoms with Crippen LogP contribution >= 0.6 is 11.6 Å². The van der Waals surface area contributed by atoms with Crippen LogP contribution in [0.2, 0.25) is 5.02 Å². The standard InChI is InChI=1S/C14H17ClN2O4/c15-10-6-4-8-12(13(10)17(20)21)16-11-7-3-1-2-5-9(11)14(18)19/h4,6,8-9,11,16H,1-3,5,7H2,(H,18,19). The van der Waals surface area contributed by atoms with Crippen molar-refractivity contribution in [1.82, 2.24) is 0 Å². The van der Waals surface area contributed by atoms with E-state index in [0.717, 1.165) is 19.3 Å². The zero-order valence-electron chi connectivity index (χ0n) is 11.4. The highest BCUT2D eigenvalue weighted by Crippen LogP contribution is 2.35. The van der Waals surface area contributed by atoms with Gasteiger partial charge in [0.05, 0.1) is 10.8 Å². The summed E-state index contributed by atoms with van der Waals surface area (Å²) in [6, 6.07) is 4.31. The summed E-state index contributed by atoms with van der Waals surface area (Å²) in [5.41, 5.74) is 0.0817. The average molecular weight is 313 g/mol. The summed E-state index contributed by atoms with van der Waals surface area (Å²) in [6.07, 6.45) is 4.03. The highest BCUT2D eigenvalue weighted by molar-refractivity contribution is 6.33. The lowest BCUT2D eigenvalue weighted by atomic mass is 9.94. The molecular formula is C14H17ClN2O4. The molecule has 6 nitrogen and oxygen atoms in total. The van der Waals surface area contributed by atoms with Crippen LogP contribution in [0.15, 0.2) is 18.2 Å². The number of carboxylic acids is 1. The molecule has 1 aliphatic carbocycles. The minimum absolute atomic E-state index is 0.0468. The number of carbonyl (C=O) groups is 1. The number of carboxylic acid groups (broad SMARTS) is 1. The van der Waals surface area contributed by atoms with Crippen molar-refractivity contribution in [1.29, 1.82) is 0 Å². The highest BCUT2D eigenvalue weighted by Gasteiger charge is 2.31. The Morgan fingerprint density at radius 2 is 2.05 bits per heavy atom. The second kappa shape index (κ2) is 6.76. The predicted octanol–water partition coefficient (Wildman–Crippen LogP) is 3.69. The number of nitrogens with zero attached hydrogens (tertiary/aromatic N) is 1. The molecule has 2 unspecified atom stereocenters. The van der Waals surface area contributed by atoms with Gasteiger partial charge in [-0.1, -0.05) is 36.9 Å². The molecule has 2 N–H and O–H groups in total. The van der Waals surface area contributed by atoms with E-state index in [0.29, 0.717) is 12.8 Å². The molecule has 0 spiro atoms. The minimum atomic E-state index is -0.862. The second-order valence-corrected chi connectivity index (χ2v) is 5.63. The van der Waals surface area contributed by atoms with E-state index >= 15 is 0 Å². The van der Waals surface area contributed by atoms with Gasteiger partial charge in [-0.2, -0.15) is 0 Å². The van der Waals surface area contributed by atoms with Crippen LogP contribution in [0.3, 0.4) is 0 Å². The summed E-state index contributed by atoms with van der Waals surface area (Å²) < 4.78 is 0. The first-order chi connectivity index (χ1) is 10.0. The third-order valence-corrected chi connectivity index (χ3v) is 4.15. The van der Waals surface area contributed by atoms with E-state index in [1.54, 1.807) is 12.1 Å². The first-order valence-electron chi connectivity index (χ1n) is 6.93. The fraction of sp³-hybridized carbons (Fsp3) is 0.500. The zero-order chi connectivity index (χ0) is 15.4. The zero-order valence-corrected chi connectivity index (χ0v) is 12.2. The lowest BCUT2D eigenvalue weighted by Crippen LogP contribution is -2.33. The second-order valence-electron chi connectivity index (χ2n) is 5.23. The van der Waals surface area contributed by atoms with Crippen molar-refractivity contribution in [2.45, 2.75) is 38.1 Å². The Balaban J connectivity index is 2.28. The van der Waals surface area contributed by atoms with E-state index in [9.17, 15) is 20.0 Å². The first-order valence-corrected chi connectivity index (χ1v) is 7.30. The molecule has 0 bridgehead atoms. The van der Waals surface area contributed by atoms with Crippen molar-refractivity contribution in [3.05, 3.63) is 33.3 Å². The molecule has 7 heteroatoms. The van der Waals surface area contributed by atoms with Gasteiger partial charge in [0, 0.05) is 6.04 Å². The molecule has 0 radical (unpaired) electrons. The van der Waals surface area contributed by atoms with E-state index in [-0.39, 0.29) is 22.4 Å². The van der Waals surface area contributed by atoms with Crippen LogP contribution < -0.4 is 5.32 Å². The van der Waals surface area contributed by atoms with Gasteiger partial charge >= 0.3 is 11.7 Å². The van der Waals surface area contributed by atoms with Crippen molar-refractivity contribution < 1.29 is 14.8 Å².